The average molecular weight is 487 g/mol. The van der Waals surface area contributed by atoms with Crippen LogP contribution in [0, 0.1) is 5.92 Å². The number of nitrogens with zero attached hydrogens (tertiary/aromatic N) is 1. The van der Waals surface area contributed by atoms with Gasteiger partial charge in [-0.2, -0.15) is 0 Å². The first-order valence-corrected chi connectivity index (χ1v) is 11.4. The van der Waals surface area contributed by atoms with Gasteiger partial charge >= 0.3 is 12.2 Å². The van der Waals surface area contributed by atoms with Crippen molar-refractivity contribution in [3.63, 3.8) is 0 Å². The van der Waals surface area contributed by atoms with Crippen LogP contribution in [-0.4, -0.2) is 42.0 Å². The number of aromatic nitrogens is 1. The van der Waals surface area contributed by atoms with Gasteiger partial charge in [0.15, 0.2) is 0 Å². The lowest BCUT2D eigenvalue weighted by Gasteiger charge is -2.26. The minimum absolute atomic E-state index is 0.0255. The Morgan fingerprint density at radius 2 is 1.89 bits per heavy atom. The largest absolute Gasteiger partial charge is 0.453 e. The molecule has 9 nitrogen and oxygen atoms in total. The van der Waals surface area contributed by atoms with Crippen LogP contribution in [0.25, 0.3) is 11.1 Å². The predicted octanol–water partition coefficient (Wildman–Crippen LogP) is 5.20. The quantitative estimate of drug-likeness (QED) is 0.537. The molecule has 1 aromatic heterocycles. The monoisotopic (exact) mass is 486 g/mol. The number of carbonyl (C=O) groups excluding carboxylic acids is 3. The van der Waals surface area contributed by atoms with E-state index in [9.17, 15) is 14.4 Å². The highest BCUT2D eigenvalue weighted by molar-refractivity contribution is 5.98. The van der Waals surface area contributed by atoms with Gasteiger partial charge < -0.3 is 20.1 Å². The first-order valence-electron chi connectivity index (χ1n) is 11.4. The van der Waals surface area contributed by atoms with Crippen LogP contribution in [0.1, 0.15) is 52.3 Å². The fraction of sp³-hybridized carbons (Fsp3) is 0.440. The minimum atomic E-state index is -1.46. The van der Waals surface area contributed by atoms with Crippen molar-refractivity contribution in [2.45, 2.75) is 58.4 Å². The molecule has 1 aromatic carbocycles. The molecule has 3 amide bonds. The normalized spacial score (nSPS) is 20.3. The zero-order valence-electron chi connectivity index (χ0n) is 20.5. The van der Waals surface area contributed by atoms with Crippen LogP contribution in [0.15, 0.2) is 36.5 Å². The van der Waals surface area contributed by atoms with Crippen LogP contribution in [0.5, 0.6) is 0 Å². The van der Waals surface area contributed by atoms with Crippen LogP contribution < -0.4 is 16.0 Å². The molecule has 3 rings (SSSR count). The summed E-state index contributed by atoms with van der Waals surface area (Å²) in [7, 11) is 1.24. The van der Waals surface area contributed by atoms with Gasteiger partial charge in [-0.1, -0.05) is 13.0 Å². The number of pyridine rings is 1. The maximum atomic E-state index is 15.0. The van der Waals surface area contributed by atoms with E-state index in [4.69, 9.17) is 4.74 Å². The Morgan fingerprint density at radius 1 is 1.14 bits per heavy atom. The highest BCUT2D eigenvalue weighted by atomic mass is 19.1. The summed E-state index contributed by atoms with van der Waals surface area (Å²) in [6.07, 6.45) is -0.922. The van der Waals surface area contributed by atoms with E-state index in [1.54, 1.807) is 57.3 Å². The van der Waals surface area contributed by atoms with Gasteiger partial charge in [0.05, 0.1) is 30.5 Å². The Balaban J connectivity index is 2.05. The zero-order chi connectivity index (χ0) is 25.8. The molecule has 0 saturated heterocycles. The molecular weight excluding hydrogens is 455 g/mol. The average Bonchev–Trinajstić information content (AvgIpc) is 2.79. The number of benzene rings is 1. The number of carbonyl (C=O) groups is 3. The number of amides is 3. The smallest absolute Gasteiger partial charge is 0.411 e. The molecule has 2 heterocycles. The van der Waals surface area contributed by atoms with E-state index in [0.29, 0.717) is 22.6 Å². The molecule has 10 heteroatoms. The Bertz CT molecular complexity index is 1100. The van der Waals surface area contributed by atoms with Gasteiger partial charge in [-0.15, -0.1) is 0 Å². The summed E-state index contributed by atoms with van der Waals surface area (Å²) < 4.78 is 25.1. The van der Waals surface area contributed by atoms with Crippen LogP contribution in [0.4, 0.5) is 25.4 Å². The van der Waals surface area contributed by atoms with Crippen molar-refractivity contribution in [1.29, 1.82) is 0 Å². The first kappa shape index (κ1) is 25.9. The molecule has 3 N–H and O–H groups in total. The fourth-order valence-corrected chi connectivity index (χ4v) is 3.68. The zero-order valence-corrected chi connectivity index (χ0v) is 20.5. The van der Waals surface area contributed by atoms with Gasteiger partial charge in [-0.3, -0.25) is 15.1 Å². The van der Waals surface area contributed by atoms with E-state index >= 15 is 4.39 Å². The number of methoxy groups -OCH3 is 1. The highest BCUT2D eigenvalue weighted by Gasteiger charge is 2.29. The van der Waals surface area contributed by atoms with Crippen molar-refractivity contribution in [3.8, 4) is 11.1 Å². The van der Waals surface area contributed by atoms with Crippen LogP contribution in [0.2, 0.25) is 0 Å². The highest BCUT2D eigenvalue weighted by Crippen LogP contribution is 2.34. The second kappa shape index (κ2) is 10.7. The number of hydrogen-bond acceptors (Lipinski definition) is 6. The number of rotatable bonds is 2. The van der Waals surface area contributed by atoms with Gasteiger partial charge in [0.1, 0.15) is 11.8 Å². The number of halogens is 1. The van der Waals surface area contributed by atoms with Gasteiger partial charge in [0.2, 0.25) is 5.91 Å². The third-order valence-electron chi connectivity index (χ3n) is 5.54. The molecule has 188 valence electrons. The molecule has 0 fully saturated rings. The number of nitrogens with one attached hydrogen (secondary N) is 3. The van der Waals surface area contributed by atoms with E-state index in [-0.39, 0.29) is 12.8 Å². The molecule has 35 heavy (non-hydrogen) atoms. The second-order valence-corrected chi connectivity index (χ2v) is 9.42. The van der Waals surface area contributed by atoms with Crippen molar-refractivity contribution >= 4 is 29.5 Å². The lowest BCUT2D eigenvalue weighted by Crippen LogP contribution is -2.36. The molecule has 0 spiro atoms. The van der Waals surface area contributed by atoms with Crippen LogP contribution in [0.3, 0.4) is 0 Å². The standard InChI is InChI=1S/C25H31FN4O5/c1-14-18(26)8-9-19(30-24(33)35-25(2,3)4)21-12-15(10-11-27-21)17-7-6-16(28-23(32)34-5)13-20(17)29-22(14)31/h6-7,10-14,18-19H,8-9H2,1-5H3,(H,28,32)(H,29,31)(H,30,33)/t14-,18?,19+/m1/s1. The number of alkyl carbamates (subject to hydrolysis) is 1. The summed E-state index contributed by atoms with van der Waals surface area (Å²) in [6, 6.07) is 7.87. The summed E-state index contributed by atoms with van der Waals surface area (Å²) in [5, 5.41) is 8.14. The molecule has 0 aliphatic carbocycles. The van der Waals surface area contributed by atoms with Gasteiger partial charge in [0.25, 0.3) is 0 Å². The van der Waals surface area contributed by atoms with E-state index < -0.39 is 41.8 Å². The van der Waals surface area contributed by atoms with Gasteiger partial charge in [0, 0.05) is 17.4 Å². The molecule has 0 radical (unpaired) electrons. The number of ether oxygens (including phenoxy) is 2. The third-order valence-corrected chi connectivity index (χ3v) is 5.54. The second-order valence-electron chi connectivity index (χ2n) is 9.42. The molecule has 1 unspecified atom stereocenters. The molecule has 2 aromatic rings. The minimum Gasteiger partial charge on any atom is -0.453 e. The number of fused-ring (bicyclic) bond motifs is 4. The van der Waals surface area contributed by atoms with Gasteiger partial charge in [-0.25, -0.2) is 14.0 Å². The number of hydrogen-bond donors (Lipinski definition) is 3. The molecule has 0 saturated carbocycles. The summed E-state index contributed by atoms with van der Waals surface area (Å²) in [4.78, 5) is 41.4. The SMILES string of the molecule is COC(=O)Nc1ccc2c(c1)NC(=O)[C@H](C)C(F)CC[C@H](NC(=O)OC(C)(C)C)c1cc-2ccn1. The number of alkyl halides is 1. The van der Waals surface area contributed by atoms with E-state index in [1.807, 2.05) is 0 Å². The first-order chi connectivity index (χ1) is 16.5. The Morgan fingerprint density at radius 3 is 2.57 bits per heavy atom. The van der Waals surface area contributed by atoms with Crippen molar-refractivity contribution in [2.24, 2.45) is 5.92 Å². The summed E-state index contributed by atoms with van der Waals surface area (Å²) >= 11 is 0. The molecular formula is C25H31FN4O5. The van der Waals surface area contributed by atoms with Crippen molar-refractivity contribution in [3.05, 3.63) is 42.2 Å². The Kier molecular flexibility index (Phi) is 7.93. The summed E-state index contributed by atoms with van der Waals surface area (Å²) in [5.41, 5.74) is 1.97. The lowest BCUT2D eigenvalue weighted by atomic mass is 9.94. The van der Waals surface area contributed by atoms with Crippen LogP contribution in [-0.2, 0) is 14.3 Å². The summed E-state index contributed by atoms with van der Waals surface area (Å²) in [6.45, 7) is 6.77. The maximum absolute atomic E-state index is 15.0. The maximum Gasteiger partial charge on any atom is 0.411 e. The number of anilines is 2. The topological polar surface area (TPSA) is 119 Å². The Labute approximate surface area is 203 Å². The molecule has 2 bridgehead atoms. The van der Waals surface area contributed by atoms with E-state index in [2.05, 4.69) is 25.7 Å². The van der Waals surface area contributed by atoms with Gasteiger partial charge in [-0.05, 0) is 63.4 Å². The molecule has 1 aliphatic heterocycles. The summed E-state index contributed by atoms with van der Waals surface area (Å²) in [5.74, 6) is -1.45. The van der Waals surface area contributed by atoms with E-state index in [1.165, 1.54) is 14.0 Å². The third kappa shape index (κ3) is 6.91. The van der Waals surface area contributed by atoms with E-state index in [0.717, 1.165) is 5.56 Å². The van der Waals surface area contributed by atoms with Crippen molar-refractivity contribution in [1.82, 2.24) is 10.3 Å². The Hall–Kier alpha value is -3.69. The van der Waals surface area contributed by atoms with Crippen molar-refractivity contribution < 1.29 is 28.2 Å². The predicted molar refractivity (Wildman–Crippen MR) is 130 cm³/mol. The molecule has 3 atom stereocenters. The molecule has 1 aliphatic rings. The van der Waals surface area contributed by atoms with Crippen LogP contribution >= 0.6 is 0 Å². The van der Waals surface area contributed by atoms with Crippen molar-refractivity contribution in [2.75, 3.05) is 17.7 Å². The lowest BCUT2D eigenvalue weighted by molar-refractivity contribution is -0.121. The fourth-order valence-electron chi connectivity index (χ4n) is 3.68.